The molecule has 0 aromatic carbocycles. The summed E-state index contributed by atoms with van der Waals surface area (Å²) < 4.78 is 0. The number of hydrogen-bond donors (Lipinski definition) is 2. The Morgan fingerprint density at radius 1 is 0.633 bits per heavy atom. The van der Waals surface area contributed by atoms with E-state index in [4.69, 9.17) is 0 Å². The van der Waals surface area contributed by atoms with E-state index < -0.39 is 0 Å². The minimum Gasteiger partial charge on any atom is -0.345 e. The molecule has 0 atom stereocenters. The molecule has 0 aromatic rings. The summed E-state index contributed by atoms with van der Waals surface area (Å²) in [7, 11) is 3.60. The first-order valence-corrected chi connectivity index (χ1v) is 10.7. The standard InChI is InChI=1S/2C11H22N2O2/c2*1-10(2)6-9(12(5)8-14)7-11(3,4)13(10)15/h2*8-9,15H,6-7H2,1-5H3. The van der Waals surface area contributed by atoms with Crippen molar-refractivity contribution in [2.24, 2.45) is 0 Å². The van der Waals surface area contributed by atoms with Crippen LogP contribution < -0.4 is 0 Å². The summed E-state index contributed by atoms with van der Waals surface area (Å²) in [6, 6.07) is 0.409. The molecule has 0 aromatic heterocycles. The van der Waals surface area contributed by atoms with Gasteiger partial charge in [-0.25, -0.2) is 0 Å². The average molecular weight is 429 g/mol. The van der Waals surface area contributed by atoms with Gasteiger partial charge in [0.1, 0.15) is 0 Å². The maximum atomic E-state index is 10.8. The van der Waals surface area contributed by atoms with Crippen molar-refractivity contribution in [1.29, 1.82) is 0 Å². The van der Waals surface area contributed by atoms with E-state index in [-0.39, 0.29) is 34.2 Å². The summed E-state index contributed by atoms with van der Waals surface area (Å²) in [6.45, 7) is 16.0. The Labute approximate surface area is 182 Å². The highest BCUT2D eigenvalue weighted by atomic mass is 16.5. The van der Waals surface area contributed by atoms with Crippen LogP contribution in [-0.4, -0.2) is 91.5 Å². The predicted octanol–water partition coefficient (Wildman–Crippen LogP) is 2.97. The summed E-state index contributed by atoms with van der Waals surface area (Å²) in [5.41, 5.74) is -1.15. The predicted molar refractivity (Wildman–Crippen MR) is 117 cm³/mol. The average Bonchev–Trinajstić information content (AvgIpc) is 2.62. The molecule has 176 valence electrons. The largest absolute Gasteiger partial charge is 0.345 e. The highest BCUT2D eigenvalue weighted by Crippen LogP contribution is 2.39. The van der Waals surface area contributed by atoms with Gasteiger partial charge in [0.2, 0.25) is 12.8 Å². The third-order valence-corrected chi connectivity index (χ3v) is 6.72. The van der Waals surface area contributed by atoms with Crippen molar-refractivity contribution in [1.82, 2.24) is 19.9 Å². The molecule has 2 saturated heterocycles. The number of hydrogen-bond acceptors (Lipinski definition) is 6. The fraction of sp³-hybridized carbons (Fsp3) is 0.909. The van der Waals surface area contributed by atoms with Crippen molar-refractivity contribution in [2.75, 3.05) is 14.1 Å². The van der Waals surface area contributed by atoms with Gasteiger partial charge in [-0.05, 0) is 81.1 Å². The minimum atomic E-state index is -0.288. The monoisotopic (exact) mass is 428 g/mol. The van der Waals surface area contributed by atoms with E-state index in [2.05, 4.69) is 0 Å². The highest BCUT2D eigenvalue weighted by molar-refractivity contribution is 5.47. The van der Waals surface area contributed by atoms with Crippen LogP contribution in [0.1, 0.15) is 81.1 Å². The molecule has 0 aliphatic carbocycles. The number of carbonyl (C=O) groups excluding carboxylic acids is 2. The number of amides is 2. The van der Waals surface area contributed by atoms with E-state index in [0.29, 0.717) is 0 Å². The van der Waals surface area contributed by atoms with Crippen LogP contribution in [0.25, 0.3) is 0 Å². The van der Waals surface area contributed by atoms with Crippen molar-refractivity contribution >= 4 is 12.8 Å². The fourth-order valence-corrected chi connectivity index (χ4v) is 5.18. The Morgan fingerprint density at radius 2 is 0.833 bits per heavy atom. The molecule has 2 heterocycles. The Morgan fingerprint density at radius 3 is 1.00 bits per heavy atom. The van der Waals surface area contributed by atoms with Crippen LogP contribution in [-0.2, 0) is 9.59 Å². The molecule has 2 aliphatic heterocycles. The van der Waals surface area contributed by atoms with Gasteiger partial charge in [-0.15, -0.1) is 0 Å². The maximum absolute atomic E-state index is 10.8. The van der Waals surface area contributed by atoms with Gasteiger partial charge in [0.25, 0.3) is 0 Å². The zero-order chi connectivity index (χ0) is 23.7. The Balaban J connectivity index is 0.000000300. The molecule has 2 aliphatic rings. The first-order chi connectivity index (χ1) is 13.4. The van der Waals surface area contributed by atoms with Crippen molar-refractivity contribution in [2.45, 2.75) is 115 Å². The van der Waals surface area contributed by atoms with Gasteiger partial charge in [-0.2, -0.15) is 10.1 Å². The third-order valence-electron chi connectivity index (χ3n) is 6.72. The van der Waals surface area contributed by atoms with Crippen molar-refractivity contribution in [3.05, 3.63) is 0 Å². The van der Waals surface area contributed by atoms with Gasteiger partial charge in [0.05, 0.1) is 0 Å². The van der Waals surface area contributed by atoms with E-state index in [0.717, 1.165) is 38.5 Å². The molecule has 2 rings (SSSR count). The molecule has 2 amide bonds. The summed E-state index contributed by atoms with van der Waals surface area (Å²) >= 11 is 0. The number of carbonyl (C=O) groups is 2. The van der Waals surface area contributed by atoms with Crippen LogP contribution in [0.4, 0.5) is 0 Å². The molecular weight excluding hydrogens is 384 g/mol. The summed E-state index contributed by atoms with van der Waals surface area (Å²) in [5, 5.41) is 23.0. The van der Waals surface area contributed by atoms with Gasteiger partial charge < -0.3 is 20.2 Å². The zero-order valence-corrected chi connectivity index (χ0v) is 20.6. The number of nitrogens with zero attached hydrogens (tertiary/aromatic N) is 4. The SMILES string of the molecule is CN(C=O)C1CC(C)(C)N(O)C(C)(C)C1.CN(C=O)C1CC(C)(C)N(O)C(C)(C)C1. The lowest BCUT2D eigenvalue weighted by Crippen LogP contribution is -2.62. The molecule has 0 unspecified atom stereocenters. The molecule has 2 fully saturated rings. The summed E-state index contributed by atoms with van der Waals surface area (Å²) in [4.78, 5) is 24.9. The van der Waals surface area contributed by atoms with Crippen LogP contribution in [0.3, 0.4) is 0 Å². The van der Waals surface area contributed by atoms with Gasteiger partial charge in [0, 0.05) is 48.3 Å². The van der Waals surface area contributed by atoms with Crippen LogP contribution in [0.15, 0.2) is 0 Å². The summed E-state index contributed by atoms with van der Waals surface area (Å²) in [5.74, 6) is 0. The van der Waals surface area contributed by atoms with Crippen LogP contribution in [0.5, 0.6) is 0 Å². The number of piperidine rings is 2. The Kier molecular flexibility index (Phi) is 8.14. The quantitative estimate of drug-likeness (QED) is 0.670. The van der Waals surface area contributed by atoms with E-state index in [1.807, 2.05) is 55.4 Å². The van der Waals surface area contributed by atoms with Crippen molar-refractivity contribution in [3.63, 3.8) is 0 Å². The Hall–Kier alpha value is -1.22. The first-order valence-electron chi connectivity index (χ1n) is 10.7. The molecule has 30 heavy (non-hydrogen) atoms. The fourth-order valence-electron chi connectivity index (χ4n) is 5.18. The van der Waals surface area contributed by atoms with Crippen molar-refractivity contribution in [3.8, 4) is 0 Å². The van der Waals surface area contributed by atoms with Crippen molar-refractivity contribution < 1.29 is 20.0 Å². The second-order valence-electron chi connectivity index (χ2n) is 11.5. The molecule has 8 heteroatoms. The zero-order valence-electron chi connectivity index (χ0n) is 20.6. The molecule has 8 nitrogen and oxygen atoms in total. The smallest absolute Gasteiger partial charge is 0.209 e. The molecule has 0 radical (unpaired) electrons. The van der Waals surface area contributed by atoms with E-state index in [1.165, 1.54) is 10.1 Å². The number of rotatable bonds is 4. The molecule has 2 N–H and O–H groups in total. The van der Waals surface area contributed by atoms with Gasteiger partial charge in [-0.1, -0.05) is 0 Å². The normalized spacial score (nSPS) is 26.3. The van der Waals surface area contributed by atoms with E-state index in [9.17, 15) is 20.0 Å². The molecular formula is C22H44N4O4. The lowest BCUT2D eigenvalue weighted by Gasteiger charge is -2.52. The highest BCUT2D eigenvalue weighted by Gasteiger charge is 2.47. The van der Waals surface area contributed by atoms with Crippen LogP contribution >= 0.6 is 0 Å². The summed E-state index contributed by atoms with van der Waals surface area (Å²) in [6.07, 6.45) is 4.91. The van der Waals surface area contributed by atoms with Crippen LogP contribution in [0.2, 0.25) is 0 Å². The molecule has 0 spiro atoms. The molecule has 0 bridgehead atoms. The third kappa shape index (κ3) is 5.93. The molecule has 0 saturated carbocycles. The van der Waals surface area contributed by atoms with Gasteiger partial charge >= 0.3 is 0 Å². The second-order valence-corrected chi connectivity index (χ2v) is 11.5. The van der Waals surface area contributed by atoms with Gasteiger partial charge in [-0.3, -0.25) is 9.59 Å². The Bertz CT molecular complexity index is 518. The lowest BCUT2D eigenvalue weighted by atomic mass is 9.78. The lowest BCUT2D eigenvalue weighted by molar-refractivity contribution is -0.250. The topological polar surface area (TPSA) is 87.6 Å². The van der Waals surface area contributed by atoms with Gasteiger partial charge in [0.15, 0.2) is 0 Å². The van der Waals surface area contributed by atoms with E-state index >= 15 is 0 Å². The van der Waals surface area contributed by atoms with E-state index in [1.54, 1.807) is 23.9 Å². The minimum absolute atomic E-state index is 0.205. The maximum Gasteiger partial charge on any atom is 0.209 e. The second kappa shape index (κ2) is 9.10. The first kappa shape index (κ1) is 26.8. The van der Waals surface area contributed by atoms with Crippen LogP contribution in [0, 0.1) is 0 Å². The number of hydroxylamine groups is 4.